The van der Waals surface area contributed by atoms with Gasteiger partial charge in [0.2, 0.25) is 0 Å². The van der Waals surface area contributed by atoms with E-state index in [1.807, 2.05) is 32.0 Å². The summed E-state index contributed by atoms with van der Waals surface area (Å²) in [4.78, 5) is 14.6. The normalized spacial score (nSPS) is 31.7. The molecule has 120 valence electrons. The van der Waals surface area contributed by atoms with Crippen LogP contribution in [0, 0.1) is 5.92 Å². The van der Waals surface area contributed by atoms with E-state index in [4.69, 9.17) is 9.47 Å². The van der Waals surface area contributed by atoms with Gasteiger partial charge in [0, 0.05) is 6.42 Å². The van der Waals surface area contributed by atoms with Crippen molar-refractivity contribution in [1.29, 1.82) is 0 Å². The number of rotatable bonds is 3. The van der Waals surface area contributed by atoms with Crippen LogP contribution >= 0.6 is 0 Å². The number of cyclic esters (lactones) is 1. The van der Waals surface area contributed by atoms with Crippen LogP contribution < -0.4 is 0 Å². The summed E-state index contributed by atoms with van der Waals surface area (Å²) in [5, 5.41) is 0. The lowest BCUT2D eigenvalue weighted by atomic mass is 9.97. The van der Waals surface area contributed by atoms with Crippen LogP contribution in [0.5, 0.6) is 0 Å². The van der Waals surface area contributed by atoms with Gasteiger partial charge in [-0.05, 0) is 25.3 Å². The highest BCUT2D eigenvalue weighted by atomic mass is 16.6. The van der Waals surface area contributed by atoms with Gasteiger partial charge in [0.05, 0.1) is 12.6 Å². The number of hydrogen-bond acceptors (Lipinski definition) is 4. The third kappa shape index (κ3) is 2.66. The highest BCUT2D eigenvalue weighted by Crippen LogP contribution is 2.42. The van der Waals surface area contributed by atoms with E-state index in [1.165, 1.54) is 5.56 Å². The molecule has 0 bridgehead atoms. The summed E-state index contributed by atoms with van der Waals surface area (Å²) in [7, 11) is 0. The quantitative estimate of drug-likeness (QED) is 0.804. The molecule has 2 heterocycles. The number of ether oxygens (including phenoxy) is 2. The van der Waals surface area contributed by atoms with Crippen LogP contribution in [-0.2, 0) is 14.3 Å². The van der Waals surface area contributed by atoms with Crippen LogP contribution in [0.3, 0.4) is 0 Å². The third-order valence-electron chi connectivity index (χ3n) is 4.81. The fourth-order valence-electron chi connectivity index (χ4n) is 3.57. The lowest BCUT2D eigenvalue weighted by Gasteiger charge is -2.36. The average Bonchev–Trinajstić information content (AvgIpc) is 2.99. The number of nitrogens with zero attached hydrogens (tertiary/aromatic N) is 1. The molecule has 0 saturated carbocycles. The summed E-state index contributed by atoms with van der Waals surface area (Å²) in [5.41, 5.74) is 0.727. The average molecular weight is 303 g/mol. The maximum Gasteiger partial charge on any atom is 0.323 e. The molecule has 1 aromatic carbocycles. The fraction of sp³-hybridized carbons (Fsp3) is 0.611. The molecular weight excluding hydrogens is 278 g/mol. The van der Waals surface area contributed by atoms with E-state index in [1.54, 1.807) is 0 Å². The maximum absolute atomic E-state index is 12.4. The Labute approximate surface area is 132 Å². The standard InChI is InChI=1S/C18H25NO3/c1-12(2)16-10-14(17(20)22-16)19-15(11-21-18(19,3)4)13-8-6-5-7-9-13/h5-9,12,14-16H,10-11H2,1-4H3/t14-,15+,16-/m0/s1. The number of hydrogen-bond donors (Lipinski definition) is 0. The van der Waals surface area contributed by atoms with Gasteiger partial charge in [-0.2, -0.15) is 0 Å². The zero-order valence-electron chi connectivity index (χ0n) is 13.8. The first-order chi connectivity index (χ1) is 10.4. The summed E-state index contributed by atoms with van der Waals surface area (Å²) >= 11 is 0. The van der Waals surface area contributed by atoms with Gasteiger partial charge in [-0.1, -0.05) is 44.2 Å². The Balaban J connectivity index is 1.90. The summed E-state index contributed by atoms with van der Waals surface area (Å²) in [6.45, 7) is 8.87. The number of carbonyl (C=O) groups excluding carboxylic acids is 1. The highest BCUT2D eigenvalue weighted by molar-refractivity contribution is 5.78. The van der Waals surface area contributed by atoms with Crippen molar-refractivity contribution in [2.24, 2.45) is 5.92 Å². The molecule has 0 radical (unpaired) electrons. The van der Waals surface area contributed by atoms with Crippen molar-refractivity contribution in [3.63, 3.8) is 0 Å². The van der Waals surface area contributed by atoms with E-state index in [9.17, 15) is 4.79 Å². The Hall–Kier alpha value is -1.39. The van der Waals surface area contributed by atoms with Crippen molar-refractivity contribution >= 4 is 5.97 Å². The van der Waals surface area contributed by atoms with Crippen LogP contribution in [0.15, 0.2) is 30.3 Å². The maximum atomic E-state index is 12.4. The van der Waals surface area contributed by atoms with Crippen LogP contribution in [-0.4, -0.2) is 35.3 Å². The molecule has 3 atom stereocenters. The minimum absolute atomic E-state index is 0.00493. The second kappa shape index (κ2) is 5.67. The van der Waals surface area contributed by atoms with Crippen LogP contribution in [0.25, 0.3) is 0 Å². The molecule has 0 aliphatic carbocycles. The Morgan fingerprint density at radius 3 is 2.45 bits per heavy atom. The van der Waals surface area contributed by atoms with E-state index in [0.29, 0.717) is 12.5 Å². The predicted octanol–water partition coefficient (Wildman–Crippen LogP) is 3.14. The molecule has 0 aromatic heterocycles. The molecule has 2 fully saturated rings. The molecule has 0 spiro atoms. The van der Waals surface area contributed by atoms with E-state index in [2.05, 4.69) is 30.9 Å². The summed E-state index contributed by atoms with van der Waals surface area (Å²) in [6, 6.07) is 10.1. The Bertz CT molecular complexity index is 541. The first kappa shape index (κ1) is 15.5. The van der Waals surface area contributed by atoms with Crippen molar-refractivity contribution < 1.29 is 14.3 Å². The zero-order chi connectivity index (χ0) is 15.9. The van der Waals surface area contributed by atoms with Crippen LogP contribution in [0.1, 0.15) is 45.7 Å². The fourth-order valence-corrected chi connectivity index (χ4v) is 3.57. The van der Waals surface area contributed by atoms with Gasteiger partial charge in [0.15, 0.2) is 0 Å². The molecular formula is C18H25NO3. The van der Waals surface area contributed by atoms with E-state index in [0.717, 1.165) is 6.42 Å². The number of benzene rings is 1. The molecule has 2 aliphatic rings. The zero-order valence-corrected chi connectivity index (χ0v) is 13.8. The second-order valence-corrected chi connectivity index (χ2v) is 7.06. The van der Waals surface area contributed by atoms with Crippen LogP contribution in [0.4, 0.5) is 0 Å². The van der Waals surface area contributed by atoms with Crippen molar-refractivity contribution in [1.82, 2.24) is 4.90 Å². The van der Waals surface area contributed by atoms with Gasteiger partial charge in [-0.25, -0.2) is 0 Å². The van der Waals surface area contributed by atoms with Gasteiger partial charge in [-0.15, -0.1) is 0 Å². The topological polar surface area (TPSA) is 38.8 Å². The molecule has 0 unspecified atom stereocenters. The predicted molar refractivity (Wildman–Crippen MR) is 84.2 cm³/mol. The molecule has 2 aliphatic heterocycles. The molecule has 0 amide bonds. The van der Waals surface area contributed by atoms with Crippen molar-refractivity contribution in [2.75, 3.05) is 6.61 Å². The summed E-state index contributed by atoms with van der Waals surface area (Å²) in [5.74, 6) is 0.231. The molecule has 4 heteroatoms. The molecule has 1 aromatic rings. The Morgan fingerprint density at radius 1 is 1.18 bits per heavy atom. The summed E-state index contributed by atoms with van der Waals surface area (Å²) < 4.78 is 11.6. The Morgan fingerprint density at radius 2 is 1.86 bits per heavy atom. The Kier molecular flexibility index (Phi) is 4.00. The van der Waals surface area contributed by atoms with Gasteiger partial charge < -0.3 is 9.47 Å². The lowest BCUT2D eigenvalue weighted by Crippen LogP contribution is -2.49. The van der Waals surface area contributed by atoms with Crippen molar-refractivity contribution in [2.45, 2.75) is 58.0 Å². The molecule has 0 N–H and O–H groups in total. The number of esters is 1. The monoisotopic (exact) mass is 303 g/mol. The van der Waals surface area contributed by atoms with Gasteiger partial charge >= 0.3 is 5.97 Å². The second-order valence-electron chi connectivity index (χ2n) is 7.06. The van der Waals surface area contributed by atoms with Crippen LogP contribution in [0.2, 0.25) is 0 Å². The van der Waals surface area contributed by atoms with Gasteiger partial charge in [0.25, 0.3) is 0 Å². The van der Waals surface area contributed by atoms with Gasteiger partial charge in [-0.3, -0.25) is 9.69 Å². The molecule has 22 heavy (non-hydrogen) atoms. The first-order valence-corrected chi connectivity index (χ1v) is 8.08. The highest BCUT2D eigenvalue weighted by Gasteiger charge is 2.51. The minimum atomic E-state index is -0.462. The molecule has 2 saturated heterocycles. The third-order valence-corrected chi connectivity index (χ3v) is 4.81. The smallest absolute Gasteiger partial charge is 0.323 e. The lowest BCUT2D eigenvalue weighted by molar-refractivity contribution is -0.151. The molecule has 4 nitrogen and oxygen atoms in total. The largest absolute Gasteiger partial charge is 0.461 e. The minimum Gasteiger partial charge on any atom is -0.461 e. The van der Waals surface area contributed by atoms with Gasteiger partial charge in [0.1, 0.15) is 17.9 Å². The first-order valence-electron chi connectivity index (χ1n) is 8.08. The SMILES string of the molecule is CC(C)[C@@H]1C[C@H](N2[C@@H](c3ccccc3)COC2(C)C)C(=O)O1. The van der Waals surface area contributed by atoms with Crippen molar-refractivity contribution in [3.05, 3.63) is 35.9 Å². The van der Waals surface area contributed by atoms with Crippen molar-refractivity contribution in [3.8, 4) is 0 Å². The van der Waals surface area contributed by atoms with E-state index in [-0.39, 0.29) is 24.2 Å². The summed E-state index contributed by atoms with van der Waals surface area (Å²) in [6.07, 6.45) is 0.748. The molecule has 3 rings (SSSR count). The van der Waals surface area contributed by atoms with E-state index >= 15 is 0 Å². The number of carbonyl (C=O) groups is 1. The van der Waals surface area contributed by atoms with E-state index < -0.39 is 5.72 Å².